The molecule has 0 radical (unpaired) electrons. The van der Waals surface area contributed by atoms with Gasteiger partial charge in [0.05, 0.1) is 24.5 Å². The molecule has 4 rings (SSSR count). The lowest BCUT2D eigenvalue weighted by Gasteiger charge is -2.30. The van der Waals surface area contributed by atoms with Crippen molar-refractivity contribution in [3.8, 4) is 0 Å². The summed E-state index contributed by atoms with van der Waals surface area (Å²) in [6.45, 7) is 8.65. The van der Waals surface area contributed by atoms with Crippen molar-refractivity contribution in [1.82, 2.24) is 14.7 Å². The third-order valence-electron chi connectivity index (χ3n) is 5.19. The second kappa shape index (κ2) is 7.77. The van der Waals surface area contributed by atoms with E-state index < -0.39 is 0 Å². The number of amides is 1. The number of amidine groups is 1. The first kappa shape index (κ1) is 21.5. The van der Waals surface area contributed by atoms with Crippen LogP contribution in [0.4, 0.5) is 21.7 Å². The third-order valence-corrected chi connectivity index (χ3v) is 5.19. The monoisotopic (exact) mass is 438 g/mol. The van der Waals surface area contributed by atoms with Crippen molar-refractivity contribution in [2.45, 2.75) is 39.8 Å². The zero-order valence-electron chi connectivity index (χ0n) is 18.8. The number of allylic oxidation sites excluding steroid dienone is 1. The van der Waals surface area contributed by atoms with Crippen molar-refractivity contribution in [3.63, 3.8) is 0 Å². The second-order valence-corrected chi connectivity index (χ2v) is 8.76. The number of nitrogens with zero attached hydrogens (tertiary/aromatic N) is 6. The zero-order chi connectivity index (χ0) is 23.2. The Balaban J connectivity index is 1.82. The standard InChI is InChI=1S/C22H27FN8O/c1-13(10-25-14(2)24)11-31-18(26-16-8-6-15(23)7-9-16)17-19(28-31)30-12-22(3,4)27-21(30)29(5)20(17)32/h6-10,26H,11-12H2,1-5H3,(H2,24,25)/b13-10+. The molecule has 0 fully saturated rings. The molecule has 0 bridgehead atoms. The van der Waals surface area contributed by atoms with E-state index in [9.17, 15) is 9.18 Å². The normalized spacial score (nSPS) is 17.9. The van der Waals surface area contributed by atoms with Gasteiger partial charge in [-0.05, 0) is 57.5 Å². The second-order valence-electron chi connectivity index (χ2n) is 8.76. The largest absolute Gasteiger partial charge is 0.387 e. The average molecular weight is 439 g/mol. The summed E-state index contributed by atoms with van der Waals surface area (Å²) in [5, 5.41) is 8.04. The van der Waals surface area contributed by atoms with Crippen molar-refractivity contribution in [3.05, 3.63) is 47.4 Å². The lowest BCUT2D eigenvalue weighted by molar-refractivity contribution is 0.0866. The van der Waals surface area contributed by atoms with Crippen LogP contribution in [-0.4, -0.2) is 51.5 Å². The quantitative estimate of drug-likeness (QED) is 0.551. The highest BCUT2D eigenvalue weighted by molar-refractivity contribution is 6.20. The summed E-state index contributed by atoms with van der Waals surface area (Å²) >= 11 is 0. The molecule has 3 heterocycles. The number of anilines is 3. The third kappa shape index (κ3) is 3.95. The minimum atomic E-state index is -0.344. The van der Waals surface area contributed by atoms with Crippen LogP contribution in [0.25, 0.3) is 0 Å². The topological polar surface area (TPSA) is 104 Å². The first-order valence-electron chi connectivity index (χ1n) is 10.3. The molecule has 0 atom stereocenters. The summed E-state index contributed by atoms with van der Waals surface area (Å²) in [6, 6.07) is 5.96. The fourth-order valence-corrected chi connectivity index (χ4v) is 3.74. The molecule has 1 amide bonds. The molecule has 9 nitrogen and oxygen atoms in total. The predicted octanol–water partition coefficient (Wildman–Crippen LogP) is 3.09. The molecule has 32 heavy (non-hydrogen) atoms. The van der Waals surface area contributed by atoms with Crippen LogP contribution in [0.1, 0.15) is 38.1 Å². The van der Waals surface area contributed by atoms with Gasteiger partial charge < -0.3 is 11.1 Å². The van der Waals surface area contributed by atoms with Gasteiger partial charge >= 0.3 is 0 Å². The summed E-state index contributed by atoms with van der Waals surface area (Å²) in [5.74, 6) is 1.56. The van der Waals surface area contributed by atoms with Crippen LogP contribution < -0.4 is 16.0 Å². The molecule has 2 aliphatic rings. The molecule has 168 valence electrons. The average Bonchev–Trinajstić information content (AvgIpc) is 3.23. The van der Waals surface area contributed by atoms with Gasteiger partial charge in [-0.1, -0.05) is 0 Å². The summed E-state index contributed by atoms with van der Waals surface area (Å²) in [6.07, 6.45) is 1.68. The van der Waals surface area contributed by atoms with Crippen molar-refractivity contribution in [2.24, 2.45) is 15.7 Å². The number of carbonyl (C=O) groups is 1. The number of guanidine groups is 1. The van der Waals surface area contributed by atoms with Gasteiger partial charge in [0.1, 0.15) is 17.2 Å². The number of halogens is 1. The number of hydrogen-bond acceptors (Lipinski definition) is 6. The Bertz CT molecular complexity index is 1160. The molecule has 10 heteroatoms. The number of carbonyl (C=O) groups excluding carboxylic acids is 1. The maximum atomic E-state index is 13.4. The summed E-state index contributed by atoms with van der Waals surface area (Å²) in [7, 11) is 1.71. The Labute approximate surface area is 186 Å². The minimum Gasteiger partial charge on any atom is -0.387 e. The molecule has 2 aliphatic heterocycles. The number of rotatable bonds is 5. The van der Waals surface area contributed by atoms with Gasteiger partial charge in [-0.2, -0.15) is 5.10 Å². The van der Waals surface area contributed by atoms with Crippen LogP contribution >= 0.6 is 0 Å². The lowest BCUT2D eigenvalue weighted by atomic mass is 10.1. The predicted molar refractivity (Wildman–Crippen MR) is 124 cm³/mol. The maximum Gasteiger partial charge on any atom is 0.267 e. The number of benzene rings is 1. The Morgan fingerprint density at radius 2 is 2.00 bits per heavy atom. The van der Waals surface area contributed by atoms with E-state index >= 15 is 0 Å². The highest BCUT2D eigenvalue weighted by atomic mass is 19.1. The molecule has 3 N–H and O–H groups in total. The molecule has 0 saturated carbocycles. The first-order valence-corrected chi connectivity index (χ1v) is 10.3. The van der Waals surface area contributed by atoms with E-state index in [1.807, 2.05) is 25.7 Å². The van der Waals surface area contributed by atoms with Crippen LogP contribution in [-0.2, 0) is 6.54 Å². The number of aliphatic imine (C=N–C) groups is 2. The van der Waals surface area contributed by atoms with Crippen LogP contribution in [0.3, 0.4) is 0 Å². The molecule has 0 aliphatic carbocycles. The Morgan fingerprint density at radius 3 is 2.66 bits per heavy atom. The number of fused-ring (bicyclic) bond motifs is 3. The number of aromatic nitrogens is 2. The molecule has 0 saturated heterocycles. The van der Waals surface area contributed by atoms with Gasteiger partial charge in [-0.25, -0.2) is 19.1 Å². The fourth-order valence-electron chi connectivity index (χ4n) is 3.74. The number of nitrogens with two attached hydrogens (primary N) is 1. The molecule has 0 unspecified atom stereocenters. The van der Waals surface area contributed by atoms with Gasteiger partial charge in [0, 0.05) is 18.9 Å². The van der Waals surface area contributed by atoms with Crippen molar-refractivity contribution < 1.29 is 9.18 Å². The van der Waals surface area contributed by atoms with Crippen LogP contribution in [0.2, 0.25) is 0 Å². The first-order chi connectivity index (χ1) is 15.1. The SMILES string of the molecule is CC(N)=N/C=C(\C)Cn1nc2c(c1Nc1ccc(F)cc1)C(=O)N(C)C1=NC(C)(C)CN12. The summed E-state index contributed by atoms with van der Waals surface area (Å²) < 4.78 is 15.1. The molecular weight excluding hydrogens is 411 g/mol. The fraction of sp³-hybridized carbons (Fsp3) is 0.364. The Hall–Kier alpha value is -3.69. The van der Waals surface area contributed by atoms with E-state index in [0.29, 0.717) is 47.8 Å². The molecule has 0 spiro atoms. The van der Waals surface area contributed by atoms with Gasteiger partial charge in [0.15, 0.2) is 5.82 Å². The van der Waals surface area contributed by atoms with E-state index in [-0.39, 0.29) is 17.3 Å². The van der Waals surface area contributed by atoms with Crippen LogP contribution in [0, 0.1) is 5.82 Å². The Kier molecular flexibility index (Phi) is 5.23. The van der Waals surface area contributed by atoms with E-state index in [2.05, 4.69) is 10.3 Å². The number of hydrogen-bond donors (Lipinski definition) is 2. The van der Waals surface area contributed by atoms with Crippen molar-refractivity contribution in [1.29, 1.82) is 0 Å². The lowest BCUT2D eigenvalue weighted by Crippen LogP contribution is -2.48. The molecule has 2 aromatic rings. The van der Waals surface area contributed by atoms with E-state index in [0.717, 1.165) is 5.57 Å². The van der Waals surface area contributed by atoms with E-state index in [4.69, 9.17) is 15.8 Å². The van der Waals surface area contributed by atoms with Gasteiger partial charge in [-0.15, -0.1) is 0 Å². The van der Waals surface area contributed by atoms with Crippen LogP contribution in [0.15, 0.2) is 46.0 Å². The highest BCUT2D eigenvalue weighted by Crippen LogP contribution is 2.38. The molecular formula is C22H27FN8O. The number of nitrogens with one attached hydrogen (secondary N) is 1. The van der Waals surface area contributed by atoms with Gasteiger partial charge in [0.2, 0.25) is 5.96 Å². The van der Waals surface area contributed by atoms with Gasteiger partial charge in [-0.3, -0.25) is 14.6 Å². The smallest absolute Gasteiger partial charge is 0.267 e. The molecule has 1 aromatic heterocycles. The van der Waals surface area contributed by atoms with E-state index in [1.54, 1.807) is 41.9 Å². The zero-order valence-corrected chi connectivity index (χ0v) is 18.8. The van der Waals surface area contributed by atoms with Crippen LogP contribution in [0.5, 0.6) is 0 Å². The summed E-state index contributed by atoms with van der Waals surface area (Å²) in [5.41, 5.74) is 7.28. The summed E-state index contributed by atoms with van der Waals surface area (Å²) in [4.78, 5) is 25.7. The molecule has 1 aromatic carbocycles. The van der Waals surface area contributed by atoms with Crippen molar-refractivity contribution in [2.75, 3.05) is 23.8 Å². The van der Waals surface area contributed by atoms with Crippen molar-refractivity contribution >= 4 is 35.0 Å². The maximum absolute atomic E-state index is 13.4. The minimum absolute atomic E-state index is 0.207. The Morgan fingerprint density at radius 1 is 1.31 bits per heavy atom. The van der Waals surface area contributed by atoms with Gasteiger partial charge in [0.25, 0.3) is 5.91 Å². The highest BCUT2D eigenvalue weighted by Gasteiger charge is 2.45. The van der Waals surface area contributed by atoms with E-state index in [1.165, 1.54) is 12.1 Å².